The highest BCUT2D eigenvalue weighted by Crippen LogP contribution is 2.21. The van der Waals surface area contributed by atoms with Gasteiger partial charge >= 0.3 is 0 Å². The molecule has 152 valence electrons. The minimum absolute atomic E-state index is 0.311. The van der Waals surface area contributed by atoms with Gasteiger partial charge in [0.25, 0.3) is 0 Å². The first-order valence-electron chi connectivity index (χ1n) is 10.3. The molecule has 2 aromatic heterocycles. The number of hydrogen-bond donors (Lipinski definition) is 2. The number of rotatable bonds is 7. The van der Waals surface area contributed by atoms with E-state index in [1.807, 2.05) is 23.7 Å². The number of nitrogens with one attached hydrogen (secondary N) is 2. The number of guanidine groups is 1. The molecule has 1 aliphatic rings. The van der Waals surface area contributed by atoms with Gasteiger partial charge in [-0.1, -0.05) is 31.2 Å². The Morgan fingerprint density at radius 1 is 1.28 bits per heavy atom. The van der Waals surface area contributed by atoms with E-state index in [-0.39, 0.29) is 0 Å². The standard InChI is InChI=1S/C23H28N4OS/c1-17(22-24-12-14-29-22)16-26-23(25-11-10-21-7-4-13-28-21)27-20-9-8-18-5-2-3-6-19(18)15-20/h2-7,12-14,17,20H,8-11,15-16H2,1H3,(H2,25,26,27). The summed E-state index contributed by atoms with van der Waals surface area (Å²) < 4.78 is 5.44. The van der Waals surface area contributed by atoms with Crippen molar-refractivity contribution >= 4 is 17.3 Å². The van der Waals surface area contributed by atoms with Crippen LogP contribution < -0.4 is 10.6 Å². The van der Waals surface area contributed by atoms with Crippen LogP contribution in [0.3, 0.4) is 0 Å². The molecular weight excluding hydrogens is 380 g/mol. The first kappa shape index (κ1) is 19.7. The zero-order valence-electron chi connectivity index (χ0n) is 16.8. The number of aliphatic imine (C=N–C) groups is 1. The van der Waals surface area contributed by atoms with Gasteiger partial charge in [0.15, 0.2) is 5.96 Å². The van der Waals surface area contributed by atoms with Crippen molar-refractivity contribution < 1.29 is 4.42 Å². The molecule has 0 saturated heterocycles. The van der Waals surface area contributed by atoms with Crippen LogP contribution in [0.1, 0.15) is 41.2 Å². The number of hydrogen-bond acceptors (Lipinski definition) is 4. The van der Waals surface area contributed by atoms with Gasteiger partial charge in [0.05, 0.1) is 17.8 Å². The van der Waals surface area contributed by atoms with Crippen molar-refractivity contribution in [2.75, 3.05) is 13.1 Å². The molecule has 5 nitrogen and oxygen atoms in total. The Hall–Kier alpha value is -2.60. The van der Waals surface area contributed by atoms with Crippen molar-refractivity contribution in [3.05, 3.63) is 76.1 Å². The molecule has 2 heterocycles. The van der Waals surface area contributed by atoms with Crippen LogP contribution in [-0.4, -0.2) is 30.1 Å². The number of fused-ring (bicyclic) bond motifs is 1. The lowest BCUT2D eigenvalue weighted by molar-refractivity contribution is 0.501. The van der Waals surface area contributed by atoms with Crippen molar-refractivity contribution in [3.63, 3.8) is 0 Å². The number of nitrogens with zero attached hydrogens (tertiary/aromatic N) is 2. The monoisotopic (exact) mass is 408 g/mol. The molecule has 0 amide bonds. The quantitative estimate of drug-likeness (QED) is 0.455. The smallest absolute Gasteiger partial charge is 0.191 e. The van der Waals surface area contributed by atoms with E-state index < -0.39 is 0 Å². The van der Waals surface area contributed by atoms with E-state index in [4.69, 9.17) is 9.41 Å². The third-order valence-corrected chi connectivity index (χ3v) is 6.33. The van der Waals surface area contributed by atoms with Crippen LogP contribution in [-0.2, 0) is 19.3 Å². The summed E-state index contributed by atoms with van der Waals surface area (Å²) in [6.45, 7) is 3.68. The van der Waals surface area contributed by atoms with Gasteiger partial charge in [0.2, 0.25) is 0 Å². The molecule has 1 aliphatic carbocycles. The van der Waals surface area contributed by atoms with Crippen LogP contribution in [0, 0.1) is 0 Å². The Kier molecular flexibility index (Phi) is 6.62. The van der Waals surface area contributed by atoms with Crippen LogP contribution in [0.5, 0.6) is 0 Å². The summed E-state index contributed by atoms with van der Waals surface area (Å²) in [5.41, 5.74) is 2.93. The lowest BCUT2D eigenvalue weighted by Crippen LogP contribution is -2.46. The van der Waals surface area contributed by atoms with Gasteiger partial charge in [-0.05, 0) is 42.5 Å². The summed E-state index contributed by atoms with van der Waals surface area (Å²) in [7, 11) is 0. The number of furan rings is 1. The van der Waals surface area contributed by atoms with Crippen LogP contribution in [0.15, 0.2) is 63.6 Å². The zero-order chi connectivity index (χ0) is 19.9. The Balaban J connectivity index is 1.39. The maximum Gasteiger partial charge on any atom is 0.191 e. The molecule has 0 fully saturated rings. The fourth-order valence-electron chi connectivity index (χ4n) is 3.71. The van der Waals surface area contributed by atoms with Crippen molar-refractivity contribution in [1.29, 1.82) is 0 Å². The van der Waals surface area contributed by atoms with Crippen LogP contribution in [0.25, 0.3) is 0 Å². The van der Waals surface area contributed by atoms with Gasteiger partial charge in [-0.25, -0.2) is 4.98 Å². The number of benzene rings is 1. The molecule has 1 aromatic carbocycles. The largest absolute Gasteiger partial charge is 0.469 e. The molecule has 4 rings (SSSR count). The molecular formula is C23H28N4OS. The van der Waals surface area contributed by atoms with E-state index in [0.717, 1.165) is 49.0 Å². The molecule has 29 heavy (non-hydrogen) atoms. The molecule has 0 bridgehead atoms. The average Bonchev–Trinajstić information content (AvgIpc) is 3.46. The van der Waals surface area contributed by atoms with Crippen molar-refractivity contribution in [2.45, 2.75) is 44.6 Å². The topological polar surface area (TPSA) is 62.5 Å². The van der Waals surface area contributed by atoms with Crippen LogP contribution in [0.4, 0.5) is 0 Å². The maximum absolute atomic E-state index is 5.44. The molecule has 2 unspecified atom stereocenters. The lowest BCUT2D eigenvalue weighted by atomic mass is 9.88. The number of aromatic nitrogens is 1. The summed E-state index contributed by atoms with van der Waals surface area (Å²) in [5, 5.41) is 10.3. The third-order valence-electron chi connectivity index (χ3n) is 5.33. The number of thiazole rings is 1. The molecule has 0 saturated carbocycles. The van der Waals surface area contributed by atoms with Crippen molar-refractivity contribution in [1.82, 2.24) is 15.6 Å². The second kappa shape index (κ2) is 9.74. The van der Waals surface area contributed by atoms with E-state index in [0.29, 0.717) is 18.5 Å². The van der Waals surface area contributed by atoms with Crippen molar-refractivity contribution in [3.8, 4) is 0 Å². The van der Waals surface area contributed by atoms with Crippen LogP contribution >= 0.6 is 11.3 Å². The van der Waals surface area contributed by atoms with Gasteiger partial charge in [-0.3, -0.25) is 4.99 Å². The van der Waals surface area contributed by atoms with E-state index in [2.05, 4.69) is 46.8 Å². The van der Waals surface area contributed by atoms with E-state index in [1.54, 1.807) is 17.6 Å². The molecule has 2 atom stereocenters. The Morgan fingerprint density at radius 2 is 2.17 bits per heavy atom. The second-order valence-electron chi connectivity index (χ2n) is 7.57. The lowest BCUT2D eigenvalue weighted by Gasteiger charge is -2.27. The van der Waals surface area contributed by atoms with Gasteiger partial charge in [0, 0.05) is 36.5 Å². The van der Waals surface area contributed by atoms with Crippen LogP contribution in [0.2, 0.25) is 0 Å². The van der Waals surface area contributed by atoms with E-state index >= 15 is 0 Å². The van der Waals surface area contributed by atoms with E-state index in [9.17, 15) is 0 Å². The second-order valence-corrected chi connectivity index (χ2v) is 8.50. The SMILES string of the molecule is CC(CN=C(NCCc1ccco1)NC1CCc2ccccc2C1)c1nccs1. The van der Waals surface area contributed by atoms with Crippen molar-refractivity contribution in [2.24, 2.45) is 4.99 Å². The third kappa shape index (κ3) is 5.48. The molecule has 2 N–H and O–H groups in total. The predicted molar refractivity (Wildman–Crippen MR) is 119 cm³/mol. The highest BCUT2D eigenvalue weighted by atomic mass is 32.1. The number of aryl methyl sites for hydroxylation is 1. The fourth-order valence-corrected chi connectivity index (χ4v) is 4.40. The Morgan fingerprint density at radius 3 is 2.97 bits per heavy atom. The van der Waals surface area contributed by atoms with E-state index in [1.165, 1.54) is 11.1 Å². The molecule has 0 radical (unpaired) electrons. The molecule has 3 aromatic rings. The average molecular weight is 409 g/mol. The van der Waals surface area contributed by atoms with Gasteiger partial charge in [0.1, 0.15) is 5.76 Å². The molecule has 0 aliphatic heterocycles. The van der Waals surface area contributed by atoms with Gasteiger partial charge < -0.3 is 15.1 Å². The van der Waals surface area contributed by atoms with Gasteiger partial charge in [-0.2, -0.15) is 0 Å². The highest BCUT2D eigenvalue weighted by molar-refractivity contribution is 7.09. The maximum atomic E-state index is 5.44. The Bertz CT molecular complexity index is 905. The minimum atomic E-state index is 0.311. The normalized spacial score (nSPS) is 17.6. The summed E-state index contributed by atoms with van der Waals surface area (Å²) in [5.74, 6) is 2.18. The van der Waals surface area contributed by atoms with Gasteiger partial charge in [-0.15, -0.1) is 11.3 Å². The molecule has 6 heteroatoms. The first-order chi connectivity index (χ1) is 14.3. The summed E-state index contributed by atoms with van der Waals surface area (Å²) in [6.07, 6.45) is 7.69. The fraction of sp³-hybridized carbons (Fsp3) is 0.391. The molecule has 0 spiro atoms. The predicted octanol–water partition coefficient (Wildman–Crippen LogP) is 4.18. The first-order valence-corrected chi connectivity index (χ1v) is 11.2. The zero-order valence-corrected chi connectivity index (χ0v) is 17.6. The minimum Gasteiger partial charge on any atom is -0.469 e. The highest BCUT2D eigenvalue weighted by Gasteiger charge is 2.19. The summed E-state index contributed by atoms with van der Waals surface area (Å²) in [4.78, 5) is 9.31. The summed E-state index contributed by atoms with van der Waals surface area (Å²) in [6, 6.07) is 13.1. The summed E-state index contributed by atoms with van der Waals surface area (Å²) >= 11 is 1.69. The Labute approximate surface area is 176 Å².